The van der Waals surface area contributed by atoms with E-state index < -0.39 is 10.1 Å². The molecule has 0 amide bonds. The van der Waals surface area contributed by atoms with Crippen molar-refractivity contribution in [3.8, 4) is 0 Å². The van der Waals surface area contributed by atoms with Gasteiger partial charge in [-0.25, -0.2) is 0 Å². The van der Waals surface area contributed by atoms with Crippen molar-refractivity contribution in [3.05, 3.63) is 0 Å². The maximum atomic E-state index is 10.8. The van der Waals surface area contributed by atoms with E-state index in [0.29, 0.717) is 0 Å². The molecule has 0 atom stereocenters. The second-order valence-corrected chi connectivity index (χ2v) is 4.39. The van der Waals surface area contributed by atoms with Gasteiger partial charge in [-0.15, -0.1) is 12.6 Å². The SMILES string of the molecule is CCOS(=O)(=O)CNC(=S)S. The van der Waals surface area contributed by atoms with Crippen LogP contribution >= 0.6 is 24.8 Å². The molecule has 4 nitrogen and oxygen atoms in total. The third-order valence-electron chi connectivity index (χ3n) is 0.698. The summed E-state index contributed by atoms with van der Waals surface area (Å²) in [5.41, 5.74) is 0. The summed E-state index contributed by atoms with van der Waals surface area (Å²) in [7, 11) is -3.47. The van der Waals surface area contributed by atoms with Gasteiger partial charge in [-0.1, -0.05) is 12.2 Å². The summed E-state index contributed by atoms with van der Waals surface area (Å²) in [6.45, 7) is 1.72. The summed E-state index contributed by atoms with van der Waals surface area (Å²) in [6, 6.07) is 0. The smallest absolute Gasteiger partial charge is 0.285 e. The minimum Gasteiger partial charge on any atom is -0.355 e. The molecule has 0 saturated carbocycles. The summed E-state index contributed by atoms with van der Waals surface area (Å²) in [6.07, 6.45) is 0. The van der Waals surface area contributed by atoms with E-state index in [-0.39, 0.29) is 16.8 Å². The van der Waals surface area contributed by atoms with Gasteiger partial charge in [-0.2, -0.15) is 8.42 Å². The van der Waals surface area contributed by atoms with Crippen molar-refractivity contribution >= 4 is 39.3 Å². The zero-order chi connectivity index (χ0) is 8.91. The van der Waals surface area contributed by atoms with Crippen LogP contribution in [0.2, 0.25) is 0 Å². The van der Waals surface area contributed by atoms with Crippen molar-refractivity contribution in [1.29, 1.82) is 0 Å². The van der Waals surface area contributed by atoms with Crippen molar-refractivity contribution in [2.75, 3.05) is 12.5 Å². The zero-order valence-corrected chi connectivity index (χ0v) is 8.43. The van der Waals surface area contributed by atoms with Gasteiger partial charge >= 0.3 is 0 Å². The molecule has 0 aromatic heterocycles. The fourth-order valence-electron chi connectivity index (χ4n) is 0.371. The number of thiol groups is 1. The Kier molecular flexibility index (Phi) is 4.98. The molecule has 0 aliphatic carbocycles. The minimum absolute atomic E-state index is 0.128. The maximum Gasteiger partial charge on any atom is 0.285 e. The summed E-state index contributed by atoms with van der Waals surface area (Å²) < 4.78 is 26.0. The largest absolute Gasteiger partial charge is 0.355 e. The third-order valence-corrected chi connectivity index (χ3v) is 2.09. The van der Waals surface area contributed by atoms with E-state index in [1.165, 1.54) is 0 Å². The van der Waals surface area contributed by atoms with Gasteiger partial charge < -0.3 is 5.32 Å². The molecule has 0 bridgehead atoms. The molecular formula is C4H9NO3S3. The van der Waals surface area contributed by atoms with Crippen LogP contribution in [0.5, 0.6) is 0 Å². The zero-order valence-electron chi connectivity index (χ0n) is 5.90. The highest BCUT2D eigenvalue weighted by Crippen LogP contribution is 1.90. The van der Waals surface area contributed by atoms with Gasteiger partial charge in [-0.05, 0) is 6.92 Å². The van der Waals surface area contributed by atoms with Gasteiger partial charge in [0.1, 0.15) is 10.2 Å². The molecule has 0 aromatic rings. The second-order valence-electron chi connectivity index (χ2n) is 1.59. The molecule has 0 aliphatic heterocycles. The maximum absolute atomic E-state index is 10.8. The Balaban J connectivity index is 3.84. The van der Waals surface area contributed by atoms with E-state index in [1.807, 2.05) is 0 Å². The van der Waals surface area contributed by atoms with Crippen LogP contribution in [0.4, 0.5) is 0 Å². The van der Waals surface area contributed by atoms with Crippen LogP contribution in [0, 0.1) is 0 Å². The monoisotopic (exact) mass is 215 g/mol. The van der Waals surface area contributed by atoms with Gasteiger partial charge in [-0.3, -0.25) is 4.18 Å². The highest BCUT2D eigenvalue weighted by molar-refractivity contribution is 8.11. The molecule has 66 valence electrons. The van der Waals surface area contributed by atoms with Crippen LogP contribution in [0.15, 0.2) is 0 Å². The first kappa shape index (κ1) is 11.2. The molecule has 0 aliphatic rings. The molecule has 0 unspecified atom stereocenters. The molecule has 1 N–H and O–H groups in total. The lowest BCUT2D eigenvalue weighted by Gasteiger charge is -2.03. The number of nitrogens with one attached hydrogen (secondary N) is 1. The number of hydrogen-bond donors (Lipinski definition) is 2. The highest BCUT2D eigenvalue weighted by atomic mass is 32.2. The number of hydrogen-bond acceptors (Lipinski definition) is 4. The summed E-state index contributed by atoms with van der Waals surface area (Å²) in [5, 5.41) is 2.35. The first-order valence-corrected chi connectivity index (χ1v) is 5.25. The quantitative estimate of drug-likeness (QED) is 0.396. The van der Waals surface area contributed by atoms with Crippen LogP contribution < -0.4 is 5.32 Å². The normalized spacial score (nSPS) is 11.1. The van der Waals surface area contributed by atoms with E-state index in [4.69, 9.17) is 0 Å². The van der Waals surface area contributed by atoms with Crippen LogP contribution in [0.1, 0.15) is 6.92 Å². The average molecular weight is 215 g/mol. The first-order valence-electron chi connectivity index (χ1n) is 2.82. The van der Waals surface area contributed by atoms with Crippen molar-refractivity contribution in [2.45, 2.75) is 6.92 Å². The molecule has 0 heterocycles. The lowest BCUT2D eigenvalue weighted by Crippen LogP contribution is -2.26. The predicted molar refractivity (Wildman–Crippen MR) is 50.1 cm³/mol. The molecule has 0 saturated heterocycles. The highest BCUT2D eigenvalue weighted by Gasteiger charge is 2.08. The van der Waals surface area contributed by atoms with E-state index in [1.54, 1.807) is 6.92 Å². The Bertz CT molecular complexity index is 223. The van der Waals surface area contributed by atoms with Crippen molar-refractivity contribution < 1.29 is 12.6 Å². The van der Waals surface area contributed by atoms with Crippen LogP contribution in [0.3, 0.4) is 0 Å². The Labute approximate surface area is 76.8 Å². The second kappa shape index (κ2) is 4.91. The van der Waals surface area contributed by atoms with E-state index in [2.05, 4.69) is 34.3 Å². The predicted octanol–water partition coefficient (Wildman–Crippen LogP) is 0.115. The Morgan fingerprint density at radius 3 is 2.64 bits per heavy atom. The van der Waals surface area contributed by atoms with Crippen molar-refractivity contribution in [1.82, 2.24) is 5.32 Å². The number of rotatable bonds is 4. The molecule has 0 aromatic carbocycles. The fraction of sp³-hybridized carbons (Fsp3) is 0.750. The van der Waals surface area contributed by atoms with Gasteiger partial charge in [0.05, 0.1) is 6.61 Å². The lowest BCUT2D eigenvalue weighted by atomic mass is 10.9. The lowest BCUT2D eigenvalue weighted by molar-refractivity contribution is 0.337. The standard InChI is InChI=1S/C4H9NO3S3/c1-2-8-11(6,7)3-5-4(9)10/h2-3H2,1H3,(H2,5,9,10). The summed E-state index contributed by atoms with van der Waals surface area (Å²) in [4.78, 5) is 0. The average Bonchev–Trinajstić information content (AvgIpc) is 1.84. The minimum atomic E-state index is -3.47. The first-order chi connectivity index (χ1) is 4.98. The summed E-state index contributed by atoms with van der Waals surface area (Å²) >= 11 is 8.16. The van der Waals surface area contributed by atoms with Gasteiger partial charge in [0.15, 0.2) is 0 Å². The Hall–Kier alpha value is 0.150. The molecule has 11 heavy (non-hydrogen) atoms. The Morgan fingerprint density at radius 2 is 2.27 bits per heavy atom. The van der Waals surface area contributed by atoms with E-state index >= 15 is 0 Å². The Morgan fingerprint density at radius 1 is 1.73 bits per heavy atom. The van der Waals surface area contributed by atoms with E-state index in [0.717, 1.165) is 0 Å². The van der Waals surface area contributed by atoms with Crippen LogP contribution in [-0.4, -0.2) is 25.2 Å². The van der Waals surface area contributed by atoms with Crippen molar-refractivity contribution in [3.63, 3.8) is 0 Å². The molecule has 7 heteroatoms. The van der Waals surface area contributed by atoms with Crippen LogP contribution in [0.25, 0.3) is 0 Å². The summed E-state index contributed by atoms with van der Waals surface area (Å²) in [5.74, 6) is -0.330. The van der Waals surface area contributed by atoms with Gasteiger partial charge in [0, 0.05) is 0 Å². The molecule has 0 radical (unpaired) electrons. The van der Waals surface area contributed by atoms with Gasteiger partial charge in [0.25, 0.3) is 10.1 Å². The molecule has 0 spiro atoms. The molecular weight excluding hydrogens is 206 g/mol. The van der Waals surface area contributed by atoms with Gasteiger partial charge in [0.2, 0.25) is 0 Å². The van der Waals surface area contributed by atoms with Crippen LogP contribution in [-0.2, 0) is 14.3 Å². The van der Waals surface area contributed by atoms with E-state index in [9.17, 15) is 8.42 Å². The molecule has 0 rings (SSSR count). The third kappa shape index (κ3) is 6.54. The topological polar surface area (TPSA) is 55.4 Å². The number of thiocarbonyl (C=S) groups is 1. The van der Waals surface area contributed by atoms with Crippen molar-refractivity contribution in [2.24, 2.45) is 0 Å². The fourth-order valence-corrected chi connectivity index (χ4v) is 1.48. The molecule has 0 fully saturated rings.